The summed E-state index contributed by atoms with van der Waals surface area (Å²) in [5.74, 6) is 1.52. The average molecular weight is 422 g/mol. The Morgan fingerprint density at radius 1 is 1.08 bits per heavy atom. The Morgan fingerprint density at radius 2 is 1.85 bits per heavy atom. The number of ether oxygens (including phenoxy) is 3. The minimum atomic E-state index is -0.213. The van der Waals surface area contributed by atoms with E-state index in [9.17, 15) is 4.79 Å². The summed E-state index contributed by atoms with van der Waals surface area (Å²) in [6.45, 7) is 5.69. The Labute approximate surface area is 162 Å². The van der Waals surface area contributed by atoms with Gasteiger partial charge in [0.2, 0.25) is 0 Å². The molecule has 0 bridgehead atoms. The van der Waals surface area contributed by atoms with Crippen molar-refractivity contribution in [2.45, 2.75) is 13.8 Å². The summed E-state index contributed by atoms with van der Waals surface area (Å²) in [4.78, 5) is 12.6. The lowest BCUT2D eigenvalue weighted by atomic mass is 10.2. The molecule has 1 amide bonds. The van der Waals surface area contributed by atoms with Gasteiger partial charge in [-0.15, -0.1) is 0 Å². The van der Waals surface area contributed by atoms with Crippen LogP contribution < -0.4 is 14.8 Å². The standard InChI is InChI=1S/C20H24BrNO4/c1-14(2)13-26-19-7-5-4-6-17(19)22-20(23)15-8-9-18(16(21)12-15)25-11-10-24-3/h4-9,12,14H,10-11,13H2,1-3H3,(H,22,23). The Balaban J connectivity index is 2.07. The second-order valence-corrected chi connectivity index (χ2v) is 7.00. The Morgan fingerprint density at radius 3 is 2.54 bits per heavy atom. The minimum absolute atomic E-state index is 0.213. The van der Waals surface area contributed by atoms with Crippen LogP contribution in [0.15, 0.2) is 46.9 Å². The quantitative estimate of drug-likeness (QED) is 0.592. The molecule has 2 aromatic carbocycles. The van der Waals surface area contributed by atoms with E-state index in [4.69, 9.17) is 14.2 Å². The number of anilines is 1. The smallest absolute Gasteiger partial charge is 0.255 e. The van der Waals surface area contributed by atoms with E-state index in [0.717, 1.165) is 0 Å². The highest BCUT2D eigenvalue weighted by Gasteiger charge is 2.12. The van der Waals surface area contributed by atoms with Gasteiger partial charge in [-0.3, -0.25) is 4.79 Å². The van der Waals surface area contributed by atoms with E-state index in [-0.39, 0.29) is 5.91 Å². The molecule has 0 spiro atoms. The number of methoxy groups -OCH3 is 1. The molecule has 0 radical (unpaired) electrons. The van der Waals surface area contributed by atoms with Crippen molar-refractivity contribution in [1.82, 2.24) is 0 Å². The lowest BCUT2D eigenvalue weighted by molar-refractivity contribution is 0.102. The minimum Gasteiger partial charge on any atom is -0.491 e. The molecule has 0 aromatic heterocycles. The van der Waals surface area contributed by atoms with Crippen molar-refractivity contribution in [1.29, 1.82) is 0 Å². The molecule has 140 valence electrons. The zero-order chi connectivity index (χ0) is 18.9. The summed E-state index contributed by atoms with van der Waals surface area (Å²) in [6, 6.07) is 12.6. The van der Waals surface area contributed by atoms with Crippen molar-refractivity contribution in [3.63, 3.8) is 0 Å². The zero-order valence-corrected chi connectivity index (χ0v) is 16.8. The number of halogens is 1. The number of benzene rings is 2. The van der Waals surface area contributed by atoms with E-state index in [0.29, 0.717) is 53.0 Å². The third-order valence-corrected chi connectivity index (χ3v) is 4.07. The lowest BCUT2D eigenvalue weighted by Crippen LogP contribution is -2.14. The Bertz CT molecular complexity index is 734. The molecule has 0 unspecified atom stereocenters. The zero-order valence-electron chi connectivity index (χ0n) is 15.3. The van der Waals surface area contributed by atoms with Crippen LogP contribution in [0.1, 0.15) is 24.2 Å². The Kier molecular flexibility index (Phi) is 7.94. The predicted molar refractivity (Wildman–Crippen MR) is 106 cm³/mol. The van der Waals surface area contributed by atoms with Crippen LogP contribution in [0.3, 0.4) is 0 Å². The van der Waals surface area contributed by atoms with Crippen molar-refractivity contribution >= 4 is 27.5 Å². The SMILES string of the molecule is COCCOc1ccc(C(=O)Nc2ccccc2OCC(C)C)cc1Br. The normalized spacial score (nSPS) is 10.7. The summed E-state index contributed by atoms with van der Waals surface area (Å²) in [5, 5.41) is 2.90. The third-order valence-electron chi connectivity index (χ3n) is 3.45. The number of carbonyl (C=O) groups is 1. The molecule has 0 fully saturated rings. The number of nitrogens with one attached hydrogen (secondary N) is 1. The maximum Gasteiger partial charge on any atom is 0.255 e. The van der Waals surface area contributed by atoms with Gasteiger partial charge in [-0.05, 0) is 52.2 Å². The van der Waals surface area contributed by atoms with Crippen molar-refractivity contribution < 1.29 is 19.0 Å². The molecule has 0 aliphatic carbocycles. The van der Waals surface area contributed by atoms with Gasteiger partial charge in [0.05, 0.1) is 23.4 Å². The van der Waals surface area contributed by atoms with Gasteiger partial charge in [0.1, 0.15) is 18.1 Å². The topological polar surface area (TPSA) is 56.8 Å². The number of hydrogen-bond donors (Lipinski definition) is 1. The van der Waals surface area contributed by atoms with Gasteiger partial charge in [0.15, 0.2) is 0 Å². The van der Waals surface area contributed by atoms with Crippen LogP contribution in [-0.4, -0.2) is 32.8 Å². The van der Waals surface area contributed by atoms with Gasteiger partial charge >= 0.3 is 0 Å². The molecule has 2 rings (SSSR count). The van der Waals surface area contributed by atoms with Crippen LogP contribution in [0.4, 0.5) is 5.69 Å². The van der Waals surface area contributed by atoms with Gasteiger partial charge in [0, 0.05) is 12.7 Å². The van der Waals surface area contributed by atoms with E-state index in [2.05, 4.69) is 35.1 Å². The predicted octanol–water partition coefficient (Wildman–Crippen LogP) is 4.76. The second kappa shape index (κ2) is 10.2. The van der Waals surface area contributed by atoms with E-state index in [1.807, 2.05) is 24.3 Å². The van der Waals surface area contributed by atoms with Crippen molar-refractivity contribution in [2.24, 2.45) is 5.92 Å². The molecule has 0 heterocycles. The molecule has 1 N–H and O–H groups in total. The maximum atomic E-state index is 12.6. The van der Waals surface area contributed by atoms with Gasteiger partial charge < -0.3 is 19.5 Å². The summed E-state index contributed by atoms with van der Waals surface area (Å²) < 4.78 is 17.0. The lowest BCUT2D eigenvalue weighted by Gasteiger charge is -2.14. The highest BCUT2D eigenvalue weighted by molar-refractivity contribution is 9.10. The van der Waals surface area contributed by atoms with Gasteiger partial charge in [0.25, 0.3) is 5.91 Å². The average Bonchev–Trinajstić information content (AvgIpc) is 2.62. The summed E-state index contributed by atoms with van der Waals surface area (Å²) in [5.41, 5.74) is 1.17. The first-order valence-corrected chi connectivity index (χ1v) is 9.25. The maximum absolute atomic E-state index is 12.6. The monoisotopic (exact) mass is 421 g/mol. The van der Waals surface area contributed by atoms with Gasteiger partial charge in [-0.25, -0.2) is 0 Å². The number of hydrogen-bond acceptors (Lipinski definition) is 4. The molecule has 0 aliphatic heterocycles. The number of amides is 1. The number of para-hydroxylation sites is 2. The first-order valence-electron chi connectivity index (χ1n) is 8.45. The summed E-state index contributed by atoms with van der Waals surface area (Å²) in [6.07, 6.45) is 0. The van der Waals surface area contributed by atoms with Crippen LogP contribution in [-0.2, 0) is 4.74 Å². The van der Waals surface area contributed by atoms with Crippen molar-refractivity contribution in [2.75, 3.05) is 32.2 Å². The molecular weight excluding hydrogens is 398 g/mol. The van der Waals surface area contributed by atoms with Crippen LogP contribution >= 0.6 is 15.9 Å². The molecule has 5 nitrogen and oxygen atoms in total. The molecule has 0 saturated carbocycles. The first-order chi connectivity index (χ1) is 12.5. The largest absolute Gasteiger partial charge is 0.491 e. The van der Waals surface area contributed by atoms with Crippen LogP contribution in [0.2, 0.25) is 0 Å². The highest BCUT2D eigenvalue weighted by atomic mass is 79.9. The fourth-order valence-corrected chi connectivity index (χ4v) is 2.63. The van der Waals surface area contributed by atoms with Gasteiger partial charge in [-0.2, -0.15) is 0 Å². The molecule has 0 saturated heterocycles. The van der Waals surface area contributed by atoms with Gasteiger partial charge in [-0.1, -0.05) is 26.0 Å². The molecule has 0 atom stereocenters. The molecular formula is C20H24BrNO4. The molecule has 0 aliphatic rings. The van der Waals surface area contributed by atoms with Crippen LogP contribution in [0.5, 0.6) is 11.5 Å². The highest BCUT2D eigenvalue weighted by Crippen LogP contribution is 2.28. The number of rotatable bonds is 9. The summed E-state index contributed by atoms with van der Waals surface area (Å²) in [7, 11) is 1.62. The fraction of sp³-hybridized carbons (Fsp3) is 0.350. The third kappa shape index (κ3) is 6.04. The van der Waals surface area contributed by atoms with Crippen molar-refractivity contribution in [3.05, 3.63) is 52.5 Å². The van der Waals surface area contributed by atoms with Crippen molar-refractivity contribution in [3.8, 4) is 11.5 Å². The number of carbonyl (C=O) groups excluding carboxylic acids is 1. The molecule has 6 heteroatoms. The first kappa shape index (κ1) is 20.3. The van der Waals surface area contributed by atoms with E-state index in [1.54, 1.807) is 25.3 Å². The fourth-order valence-electron chi connectivity index (χ4n) is 2.14. The Hall–Kier alpha value is -2.05. The van der Waals surface area contributed by atoms with Crippen LogP contribution in [0.25, 0.3) is 0 Å². The van der Waals surface area contributed by atoms with Crippen LogP contribution in [0, 0.1) is 5.92 Å². The van der Waals surface area contributed by atoms with E-state index < -0.39 is 0 Å². The molecule has 2 aromatic rings. The second-order valence-electron chi connectivity index (χ2n) is 6.14. The summed E-state index contributed by atoms with van der Waals surface area (Å²) >= 11 is 3.44. The van der Waals surface area contributed by atoms with E-state index in [1.165, 1.54) is 0 Å². The van der Waals surface area contributed by atoms with E-state index >= 15 is 0 Å². The molecule has 26 heavy (non-hydrogen) atoms.